The first-order chi connectivity index (χ1) is 4.04. The van der Waals surface area contributed by atoms with Crippen LogP contribution < -0.4 is 10.2 Å². The largest absolute Gasteiger partial charge is 0.871 e. The van der Waals surface area contributed by atoms with Gasteiger partial charge in [-0.3, -0.25) is 0 Å². The third-order valence-electron chi connectivity index (χ3n) is 0.456. The van der Waals surface area contributed by atoms with E-state index in [0.717, 1.165) is 0 Å². The maximum Gasteiger partial charge on any atom is 0.327 e. The van der Waals surface area contributed by atoms with Crippen molar-refractivity contribution < 1.29 is 24.9 Å². The van der Waals surface area contributed by atoms with Crippen molar-refractivity contribution in [2.45, 2.75) is 0 Å². The van der Waals surface area contributed by atoms with E-state index in [0.29, 0.717) is 0 Å². The molecule has 9 heavy (non-hydrogen) atoms. The van der Waals surface area contributed by atoms with E-state index in [1.54, 1.807) is 0 Å². The second kappa shape index (κ2) is 2.71. The van der Waals surface area contributed by atoms with Crippen molar-refractivity contribution in [1.82, 2.24) is 0 Å². The van der Waals surface area contributed by atoms with E-state index in [1.165, 1.54) is 0 Å². The molecule has 0 fully saturated rings. The second-order valence-corrected chi connectivity index (χ2v) is 1.13. The summed E-state index contributed by atoms with van der Waals surface area (Å²) in [5.74, 6) is -5.15. The highest BCUT2D eigenvalue weighted by Crippen LogP contribution is 1.77. The number of carboxylic acids is 2. The van der Waals surface area contributed by atoms with Gasteiger partial charge in [-0.25, -0.2) is 4.79 Å². The Labute approximate surface area is 49.9 Å². The fourth-order valence-electron chi connectivity index (χ4n) is 0.171. The van der Waals surface area contributed by atoms with Crippen LogP contribution in [0.25, 0.3) is 0 Å². The molecule has 0 aliphatic heterocycles. The summed E-state index contributed by atoms with van der Waals surface area (Å²) >= 11 is 0. The van der Waals surface area contributed by atoms with E-state index < -0.39 is 17.7 Å². The van der Waals surface area contributed by atoms with Crippen molar-refractivity contribution in [1.29, 1.82) is 0 Å². The summed E-state index contributed by atoms with van der Waals surface area (Å²) in [6.07, 6.45) is 0.0231. The topological polar surface area (TPSA) is 100 Å². The van der Waals surface area contributed by atoms with Crippen molar-refractivity contribution in [2.75, 3.05) is 0 Å². The molecule has 1 N–H and O–H groups in total. The number of hydrogen-bond acceptors (Lipinski definition) is 4. The normalized spacial score (nSPS) is 10.9. The van der Waals surface area contributed by atoms with E-state index in [9.17, 15) is 19.8 Å². The first-order valence-electron chi connectivity index (χ1n) is 1.87. The Morgan fingerprint density at radius 1 is 1.33 bits per heavy atom. The summed E-state index contributed by atoms with van der Waals surface area (Å²) in [6, 6.07) is 0. The molecule has 0 atom stereocenters. The second-order valence-electron chi connectivity index (χ2n) is 1.13. The van der Waals surface area contributed by atoms with E-state index in [4.69, 9.17) is 5.11 Å². The molecule has 0 radical (unpaired) electrons. The fraction of sp³-hybridized carbons (Fsp3) is 0. The van der Waals surface area contributed by atoms with E-state index in [-0.39, 0.29) is 6.08 Å². The molecule has 5 heteroatoms. The van der Waals surface area contributed by atoms with E-state index in [2.05, 4.69) is 0 Å². The molecule has 0 rings (SSSR count). The molecule has 0 aromatic rings. The minimum Gasteiger partial charge on any atom is -0.871 e. The van der Waals surface area contributed by atoms with Crippen LogP contribution in [0.5, 0.6) is 0 Å². The summed E-state index contributed by atoms with van der Waals surface area (Å²) < 4.78 is 0. The van der Waals surface area contributed by atoms with Crippen LogP contribution in [0.3, 0.4) is 0 Å². The predicted molar refractivity (Wildman–Crippen MR) is 20.7 cm³/mol. The van der Waals surface area contributed by atoms with Crippen molar-refractivity contribution >= 4 is 11.9 Å². The van der Waals surface area contributed by atoms with Crippen LogP contribution in [-0.4, -0.2) is 17.0 Å². The van der Waals surface area contributed by atoms with Crippen LogP contribution in [0.4, 0.5) is 0 Å². The quantitative estimate of drug-likeness (QED) is 0.318. The average molecular weight is 130 g/mol. The molecule has 0 aliphatic rings. The molecule has 0 saturated carbocycles. The first kappa shape index (κ1) is 7.48. The van der Waals surface area contributed by atoms with Gasteiger partial charge in [-0.1, -0.05) is 5.76 Å². The Morgan fingerprint density at radius 3 is 1.89 bits per heavy atom. The molecule has 0 aromatic carbocycles. The average Bonchev–Trinajstić information content (AvgIpc) is 1.63. The Balaban J connectivity index is 4.17. The van der Waals surface area contributed by atoms with Gasteiger partial charge in [0.15, 0.2) is 0 Å². The maximum atomic E-state index is 9.85. The number of aliphatic carboxylic acids is 2. The standard InChI is InChI=1S/C4H4O5/c5-2(4(8)9)1-3(6)7/h1,5H,(H,6,7)(H,8,9)/p-2/b2-1-. The van der Waals surface area contributed by atoms with Gasteiger partial charge in [0.25, 0.3) is 0 Å². The fourth-order valence-corrected chi connectivity index (χ4v) is 0.171. The highest BCUT2D eigenvalue weighted by Gasteiger charge is 1.86. The van der Waals surface area contributed by atoms with Crippen LogP contribution in [0.2, 0.25) is 0 Å². The molecule has 0 amide bonds. The Kier molecular flexibility index (Phi) is 2.25. The van der Waals surface area contributed by atoms with Gasteiger partial charge in [0, 0.05) is 6.08 Å². The molecule has 0 unspecified atom stereocenters. The van der Waals surface area contributed by atoms with Gasteiger partial charge >= 0.3 is 5.97 Å². The SMILES string of the molecule is O=C(O)/C=C(\[O-])C(=O)[O-]. The molecular formula is C4H2O5-2. The summed E-state index contributed by atoms with van der Waals surface area (Å²) in [4.78, 5) is 19.0. The van der Waals surface area contributed by atoms with Crippen molar-refractivity contribution in [3.63, 3.8) is 0 Å². The van der Waals surface area contributed by atoms with Crippen LogP contribution in [0, 0.1) is 0 Å². The molecule has 5 nitrogen and oxygen atoms in total. The van der Waals surface area contributed by atoms with Crippen molar-refractivity contribution in [3.05, 3.63) is 11.8 Å². The molecule has 0 bridgehead atoms. The van der Waals surface area contributed by atoms with Crippen LogP contribution in [-0.2, 0) is 9.59 Å². The van der Waals surface area contributed by atoms with Gasteiger partial charge in [-0.05, 0) is 0 Å². The van der Waals surface area contributed by atoms with Crippen molar-refractivity contribution in [3.8, 4) is 0 Å². The zero-order chi connectivity index (χ0) is 7.44. The van der Waals surface area contributed by atoms with Crippen molar-refractivity contribution in [2.24, 2.45) is 0 Å². The third kappa shape index (κ3) is 3.10. The van der Waals surface area contributed by atoms with Crippen LogP contribution >= 0.6 is 0 Å². The highest BCUT2D eigenvalue weighted by atomic mass is 16.4. The number of carbonyl (C=O) groups is 2. The highest BCUT2D eigenvalue weighted by molar-refractivity contribution is 5.90. The monoisotopic (exact) mass is 130 g/mol. The Morgan fingerprint density at radius 2 is 1.78 bits per heavy atom. The van der Waals surface area contributed by atoms with Gasteiger partial charge in [0.1, 0.15) is 0 Å². The minimum absolute atomic E-state index is 0.0231. The smallest absolute Gasteiger partial charge is 0.327 e. The number of rotatable bonds is 2. The molecule has 0 aromatic heterocycles. The summed E-state index contributed by atoms with van der Waals surface area (Å²) in [5, 5.41) is 27.1. The molecule has 0 spiro atoms. The van der Waals surface area contributed by atoms with E-state index in [1.807, 2.05) is 0 Å². The third-order valence-corrected chi connectivity index (χ3v) is 0.456. The lowest BCUT2D eigenvalue weighted by atomic mass is 10.4. The molecule has 0 saturated heterocycles. The lowest BCUT2D eigenvalue weighted by molar-refractivity contribution is -0.354. The number of carbonyl (C=O) groups excluding carboxylic acids is 1. The van der Waals surface area contributed by atoms with Gasteiger partial charge in [0.2, 0.25) is 0 Å². The molecule has 50 valence electrons. The predicted octanol–water partition coefficient (Wildman–Crippen LogP) is -2.93. The minimum atomic E-state index is -2.02. The van der Waals surface area contributed by atoms with Gasteiger partial charge in [-0.2, -0.15) is 0 Å². The van der Waals surface area contributed by atoms with Crippen LogP contribution in [0.1, 0.15) is 0 Å². The van der Waals surface area contributed by atoms with Crippen LogP contribution in [0.15, 0.2) is 11.8 Å². The maximum absolute atomic E-state index is 9.85. The van der Waals surface area contributed by atoms with Gasteiger partial charge in [0.05, 0.1) is 5.97 Å². The lowest BCUT2D eigenvalue weighted by Gasteiger charge is -2.09. The molecule has 0 heterocycles. The molecule has 0 aliphatic carbocycles. The summed E-state index contributed by atoms with van der Waals surface area (Å²) in [6.45, 7) is 0. The summed E-state index contributed by atoms with van der Waals surface area (Å²) in [7, 11) is 0. The van der Waals surface area contributed by atoms with E-state index >= 15 is 0 Å². The Bertz CT molecular complexity index is 168. The van der Waals surface area contributed by atoms with Gasteiger partial charge in [-0.15, -0.1) is 0 Å². The first-order valence-corrected chi connectivity index (χ1v) is 1.87. The summed E-state index contributed by atoms with van der Waals surface area (Å²) in [5.41, 5.74) is 0. The number of carboxylic acid groups (broad SMARTS) is 2. The lowest BCUT2D eigenvalue weighted by Crippen LogP contribution is -2.31. The Hall–Kier alpha value is -1.52. The number of hydrogen-bond donors (Lipinski definition) is 1. The molecular weight excluding hydrogens is 128 g/mol. The zero-order valence-corrected chi connectivity index (χ0v) is 4.16. The van der Waals surface area contributed by atoms with Gasteiger partial charge < -0.3 is 20.1 Å². The zero-order valence-electron chi connectivity index (χ0n) is 4.16.